The molecule has 1 amide bonds. The molecule has 1 atom stereocenters. The lowest BCUT2D eigenvalue weighted by atomic mass is 10.1. The molecule has 0 fully saturated rings. The number of carbonyl (C=O) groups is 1. The van der Waals surface area contributed by atoms with Crippen LogP contribution in [0.25, 0.3) is 0 Å². The topological polar surface area (TPSA) is 59.2 Å². The molecule has 0 aliphatic carbocycles. The first-order valence-electron chi connectivity index (χ1n) is 6.98. The van der Waals surface area contributed by atoms with E-state index in [1.807, 2.05) is 30.9 Å². The molecule has 0 bridgehead atoms. The van der Waals surface area contributed by atoms with Gasteiger partial charge in [-0.05, 0) is 31.9 Å². The van der Waals surface area contributed by atoms with E-state index in [2.05, 4.69) is 11.9 Å². The van der Waals surface area contributed by atoms with Crippen molar-refractivity contribution in [3.63, 3.8) is 0 Å². The van der Waals surface area contributed by atoms with Gasteiger partial charge in [-0.3, -0.25) is 9.78 Å². The molecule has 1 aromatic heterocycles. The van der Waals surface area contributed by atoms with Crippen LogP contribution in [-0.2, 0) is 11.3 Å². The fraction of sp³-hybridized carbons (Fsp3) is 0.600. The third-order valence-electron chi connectivity index (χ3n) is 3.12. The summed E-state index contributed by atoms with van der Waals surface area (Å²) in [5, 5.41) is 0. The Hall–Kier alpha value is -1.42. The molecule has 0 saturated carbocycles. The van der Waals surface area contributed by atoms with Gasteiger partial charge in [-0.2, -0.15) is 0 Å². The Labute approximate surface area is 116 Å². The molecule has 1 unspecified atom stereocenters. The van der Waals surface area contributed by atoms with Crippen LogP contribution in [-0.4, -0.2) is 27.9 Å². The molecular formula is C15H25N3O. The summed E-state index contributed by atoms with van der Waals surface area (Å²) in [6.07, 6.45) is 5.87. The Balaban J connectivity index is 2.64. The molecule has 4 nitrogen and oxygen atoms in total. The van der Waals surface area contributed by atoms with E-state index < -0.39 is 0 Å². The Bertz CT molecular complexity index is 378. The van der Waals surface area contributed by atoms with Gasteiger partial charge in [-0.15, -0.1) is 0 Å². The lowest BCUT2D eigenvalue weighted by Gasteiger charge is -2.28. The van der Waals surface area contributed by atoms with Crippen LogP contribution in [0.2, 0.25) is 0 Å². The van der Waals surface area contributed by atoms with Crippen LogP contribution in [0, 0.1) is 0 Å². The quantitative estimate of drug-likeness (QED) is 0.821. The Morgan fingerprint density at radius 1 is 1.47 bits per heavy atom. The van der Waals surface area contributed by atoms with Gasteiger partial charge in [0.15, 0.2) is 0 Å². The molecule has 1 rings (SSSR count). The highest BCUT2D eigenvalue weighted by molar-refractivity contribution is 5.77. The molecule has 0 radical (unpaired) electrons. The van der Waals surface area contributed by atoms with Crippen molar-refractivity contribution in [2.45, 2.75) is 58.7 Å². The summed E-state index contributed by atoms with van der Waals surface area (Å²) >= 11 is 0. The summed E-state index contributed by atoms with van der Waals surface area (Å²) in [5.74, 6) is 0.125. The van der Waals surface area contributed by atoms with E-state index in [4.69, 9.17) is 5.73 Å². The zero-order chi connectivity index (χ0) is 14.3. The van der Waals surface area contributed by atoms with Crippen LogP contribution in [0.15, 0.2) is 24.5 Å². The van der Waals surface area contributed by atoms with Crippen molar-refractivity contribution in [3.8, 4) is 0 Å². The molecule has 0 spiro atoms. The molecule has 2 N–H and O–H groups in total. The molecule has 1 aromatic rings. The molecule has 0 aliphatic heterocycles. The fourth-order valence-electron chi connectivity index (χ4n) is 2.06. The second-order valence-corrected chi connectivity index (χ2v) is 5.23. The van der Waals surface area contributed by atoms with Crippen molar-refractivity contribution >= 4 is 5.91 Å². The largest absolute Gasteiger partial charge is 0.336 e. The van der Waals surface area contributed by atoms with Crippen molar-refractivity contribution < 1.29 is 4.79 Å². The van der Waals surface area contributed by atoms with Crippen LogP contribution < -0.4 is 5.73 Å². The van der Waals surface area contributed by atoms with E-state index in [1.165, 1.54) is 0 Å². The molecule has 0 aromatic carbocycles. The Morgan fingerprint density at radius 3 is 2.74 bits per heavy atom. The maximum absolute atomic E-state index is 12.3. The van der Waals surface area contributed by atoms with Gasteiger partial charge < -0.3 is 10.6 Å². The number of amides is 1. The highest BCUT2D eigenvalue weighted by Gasteiger charge is 2.19. The predicted molar refractivity (Wildman–Crippen MR) is 77.4 cm³/mol. The molecule has 19 heavy (non-hydrogen) atoms. The zero-order valence-electron chi connectivity index (χ0n) is 12.2. The zero-order valence-corrected chi connectivity index (χ0v) is 12.2. The first-order valence-corrected chi connectivity index (χ1v) is 6.98. The minimum Gasteiger partial charge on any atom is -0.336 e. The number of nitrogens with two attached hydrogens (primary N) is 1. The van der Waals surface area contributed by atoms with Gasteiger partial charge in [-0.1, -0.05) is 19.4 Å². The smallest absolute Gasteiger partial charge is 0.224 e. The standard InChI is InChI=1S/C15H25N3O/c1-4-6-14(16)9-15(19)18(12(2)3)11-13-7-5-8-17-10-13/h5,7-8,10,12,14H,4,6,9,11,16H2,1-3H3. The van der Waals surface area contributed by atoms with Crippen molar-refractivity contribution in [1.82, 2.24) is 9.88 Å². The summed E-state index contributed by atoms with van der Waals surface area (Å²) in [5.41, 5.74) is 7.01. The first-order chi connectivity index (χ1) is 9.04. The highest BCUT2D eigenvalue weighted by Crippen LogP contribution is 2.11. The predicted octanol–water partition coefficient (Wildman–Crippen LogP) is 2.34. The molecule has 106 valence electrons. The van der Waals surface area contributed by atoms with Gasteiger partial charge >= 0.3 is 0 Å². The van der Waals surface area contributed by atoms with Crippen LogP contribution in [0.4, 0.5) is 0 Å². The molecule has 4 heteroatoms. The average molecular weight is 263 g/mol. The lowest BCUT2D eigenvalue weighted by molar-refractivity contribution is -0.134. The fourth-order valence-corrected chi connectivity index (χ4v) is 2.06. The monoisotopic (exact) mass is 263 g/mol. The maximum atomic E-state index is 12.3. The number of carbonyl (C=O) groups excluding carboxylic acids is 1. The van der Waals surface area contributed by atoms with E-state index in [-0.39, 0.29) is 18.0 Å². The van der Waals surface area contributed by atoms with Gasteiger partial charge in [0, 0.05) is 37.4 Å². The number of nitrogens with zero attached hydrogens (tertiary/aromatic N) is 2. The lowest BCUT2D eigenvalue weighted by Crippen LogP contribution is -2.39. The van der Waals surface area contributed by atoms with Gasteiger partial charge in [-0.25, -0.2) is 0 Å². The number of rotatable bonds is 7. The van der Waals surface area contributed by atoms with Crippen molar-refractivity contribution in [2.24, 2.45) is 5.73 Å². The summed E-state index contributed by atoms with van der Waals surface area (Å²) < 4.78 is 0. The van der Waals surface area contributed by atoms with Crippen molar-refractivity contribution in [1.29, 1.82) is 0 Å². The summed E-state index contributed by atoms with van der Waals surface area (Å²) in [6, 6.07) is 4.01. The minimum absolute atomic E-state index is 0.0346. The summed E-state index contributed by atoms with van der Waals surface area (Å²) in [4.78, 5) is 18.3. The van der Waals surface area contributed by atoms with Crippen LogP contribution >= 0.6 is 0 Å². The normalized spacial score (nSPS) is 12.5. The minimum atomic E-state index is -0.0346. The molecular weight excluding hydrogens is 238 g/mol. The highest BCUT2D eigenvalue weighted by atomic mass is 16.2. The van der Waals surface area contributed by atoms with Crippen molar-refractivity contribution in [2.75, 3.05) is 0 Å². The van der Waals surface area contributed by atoms with Gasteiger partial charge in [0.05, 0.1) is 0 Å². The number of pyridine rings is 1. The van der Waals surface area contributed by atoms with Crippen molar-refractivity contribution in [3.05, 3.63) is 30.1 Å². The number of hydrogen-bond donors (Lipinski definition) is 1. The number of hydrogen-bond acceptors (Lipinski definition) is 3. The van der Waals surface area contributed by atoms with E-state index in [0.717, 1.165) is 18.4 Å². The Kier molecular flexibility index (Phi) is 6.50. The average Bonchev–Trinajstić information content (AvgIpc) is 2.36. The molecule has 1 heterocycles. The molecule has 0 saturated heterocycles. The van der Waals surface area contributed by atoms with E-state index in [9.17, 15) is 4.79 Å². The van der Waals surface area contributed by atoms with E-state index in [0.29, 0.717) is 13.0 Å². The third kappa shape index (κ3) is 5.39. The van der Waals surface area contributed by atoms with Gasteiger partial charge in [0.2, 0.25) is 5.91 Å². The maximum Gasteiger partial charge on any atom is 0.224 e. The van der Waals surface area contributed by atoms with Gasteiger partial charge in [0.1, 0.15) is 0 Å². The van der Waals surface area contributed by atoms with Crippen LogP contribution in [0.5, 0.6) is 0 Å². The van der Waals surface area contributed by atoms with E-state index in [1.54, 1.807) is 12.4 Å². The first kappa shape index (κ1) is 15.6. The summed E-state index contributed by atoms with van der Waals surface area (Å²) in [7, 11) is 0. The molecule has 0 aliphatic rings. The van der Waals surface area contributed by atoms with Crippen LogP contribution in [0.1, 0.15) is 45.6 Å². The van der Waals surface area contributed by atoms with Crippen LogP contribution in [0.3, 0.4) is 0 Å². The van der Waals surface area contributed by atoms with Gasteiger partial charge in [0.25, 0.3) is 0 Å². The second-order valence-electron chi connectivity index (χ2n) is 5.23. The summed E-state index contributed by atoms with van der Waals surface area (Å²) in [6.45, 7) is 6.74. The second kappa shape index (κ2) is 7.89. The van der Waals surface area contributed by atoms with E-state index >= 15 is 0 Å². The SMILES string of the molecule is CCCC(N)CC(=O)N(Cc1cccnc1)C(C)C. The number of aromatic nitrogens is 1. The Morgan fingerprint density at radius 2 is 2.21 bits per heavy atom. The third-order valence-corrected chi connectivity index (χ3v) is 3.12.